The molecule has 0 amide bonds. The molecule has 0 aromatic heterocycles. The molecule has 0 bridgehead atoms. The molecule has 0 rings (SSSR count). The number of rotatable bonds is 17. The average Bonchev–Trinajstić information content (AvgIpc) is 2.58. The Kier molecular flexibility index (Phi) is 15.3. The summed E-state index contributed by atoms with van der Waals surface area (Å²) in [6.07, 6.45) is 12.6. The fraction of sp³-hybridized carbons (Fsp3) is 1.00. The Morgan fingerprint density at radius 1 is 0.783 bits per heavy atom. The molecule has 0 aliphatic rings. The van der Waals surface area contributed by atoms with Crippen LogP contribution in [0.1, 0.15) is 78.1 Å². The van der Waals surface area contributed by atoms with E-state index in [9.17, 15) is 0 Å². The first kappa shape index (κ1) is 22.8. The van der Waals surface area contributed by atoms with Gasteiger partial charge in [0.15, 0.2) is 0 Å². The molecule has 1 N–H and O–H groups in total. The molecule has 0 aromatic carbocycles. The highest BCUT2D eigenvalue weighted by Crippen LogP contribution is 2.21. The largest absolute Gasteiger partial charge is 0.331 e. The zero-order chi connectivity index (χ0) is 17.4. The van der Waals surface area contributed by atoms with Gasteiger partial charge >= 0.3 is 0 Å². The number of hydrogen-bond acceptors (Lipinski definition) is 4. The van der Waals surface area contributed by atoms with Crippen molar-refractivity contribution in [1.82, 2.24) is 5.32 Å². The molecule has 0 radical (unpaired) electrons. The van der Waals surface area contributed by atoms with Crippen molar-refractivity contribution in [2.75, 3.05) is 34.4 Å². The molecular weight excluding hydrogens is 290 g/mol. The van der Waals surface area contributed by atoms with Crippen molar-refractivity contribution in [2.24, 2.45) is 5.92 Å². The van der Waals surface area contributed by atoms with E-state index in [4.69, 9.17) is 14.2 Å². The standard InChI is InChI=1S/C19H41NO3/c1-6-20-17-18(2)15-13-11-9-7-8-10-12-14-16-19(21-3,22-4)23-5/h18,20H,6-17H2,1-5H3. The van der Waals surface area contributed by atoms with Crippen molar-refractivity contribution in [3.8, 4) is 0 Å². The smallest absolute Gasteiger partial charge is 0.282 e. The van der Waals surface area contributed by atoms with E-state index in [-0.39, 0.29) is 0 Å². The molecule has 0 aliphatic carbocycles. The topological polar surface area (TPSA) is 39.7 Å². The van der Waals surface area contributed by atoms with Gasteiger partial charge in [-0.2, -0.15) is 0 Å². The molecular formula is C19H41NO3. The van der Waals surface area contributed by atoms with Gasteiger partial charge in [0.2, 0.25) is 0 Å². The van der Waals surface area contributed by atoms with Gasteiger partial charge in [-0.05, 0) is 31.8 Å². The van der Waals surface area contributed by atoms with Crippen LogP contribution >= 0.6 is 0 Å². The molecule has 0 aromatic rings. The molecule has 4 nitrogen and oxygen atoms in total. The van der Waals surface area contributed by atoms with E-state index >= 15 is 0 Å². The Balaban J connectivity index is 3.37. The van der Waals surface area contributed by atoms with E-state index in [1.807, 2.05) is 0 Å². The van der Waals surface area contributed by atoms with Crippen LogP contribution in [0.2, 0.25) is 0 Å². The number of unbranched alkanes of at least 4 members (excludes halogenated alkanes) is 7. The monoisotopic (exact) mass is 331 g/mol. The molecule has 1 unspecified atom stereocenters. The Labute approximate surface area is 144 Å². The second kappa shape index (κ2) is 15.4. The normalized spacial score (nSPS) is 13.4. The van der Waals surface area contributed by atoms with Crippen LogP contribution in [0, 0.1) is 5.92 Å². The van der Waals surface area contributed by atoms with Crippen LogP contribution < -0.4 is 5.32 Å². The zero-order valence-electron chi connectivity index (χ0n) is 16.3. The summed E-state index contributed by atoms with van der Waals surface area (Å²) in [7, 11) is 4.89. The molecule has 0 saturated carbocycles. The van der Waals surface area contributed by atoms with Gasteiger partial charge in [0.1, 0.15) is 0 Å². The van der Waals surface area contributed by atoms with Crippen molar-refractivity contribution in [3.63, 3.8) is 0 Å². The molecule has 0 heterocycles. The second-order valence-corrected chi connectivity index (χ2v) is 6.58. The van der Waals surface area contributed by atoms with Gasteiger partial charge in [-0.25, -0.2) is 0 Å². The molecule has 1 atom stereocenters. The van der Waals surface area contributed by atoms with Crippen molar-refractivity contribution < 1.29 is 14.2 Å². The van der Waals surface area contributed by atoms with E-state index in [1.165, 1.54) is 57.9 Å². The third kappa shape index (κ3) is 11.9. The van der Waals surface area contributed by atoms with Gasteiger partial charge in [0, 0.05) is 27.8 Å². The summed E-state index contributed by atoms with van der Waals surface area (Å²) < 4.78 is 15.9. The summed E-state index contributed by atoms with van der Waals surface area (Å²) in [5, 5.41) is 3.43. The summed E-state index contributed by atoms with van der Waals surface area (Å²) in [6, 6.07) is 0. The summed E-state index contributed by atoms with van der Waals surface area (Å²) in [5.74, 6) is -0.0267. The maximum atomic E-state index is 5.30. The van der Waals surface area contributed by atoms with Gasteiger partial charge in [-0.15, -0.1) is 0 Å². The highest BCUT2D eigenvalue weighted by Gasteiger charge is 2.28. The number of hydrogen-bond donors (Lipinski definition) is 1. The Bertz CT molecular complexity index is 237. The van der Waals surface area contributed by atoms with Crippen LogP contribution in [0.25, 0.3) is 0 Å². The Morgan fingerprint density at radius 3 is 1.74 bits per heavy atom. The second-order valence-electron chi connectivity index (χ2n) is 6.58. The number of nitrogens with one attached hydrogen (secondary N) is 1. The zero-order valence-corrected chi connectivity index (χ0v) is 16.3. The molecule has 4 heteroatoms. The van der Waals surface area contributed by atoms with Gasteiger partial charge in [0.05, 0.1) is 0 Å². The van der Waals surface area contributed by atoms with E-state index in [2.05, 4.69) is 19.2 Å². The quantitative estimate of drug-likeness (QED) is 0.309. The molecule has 0 aliphatic heterocycles. The fourth-order valence-corrected chi connectivity index (χ4v) is 2.94. The minimum atomic E-state index is -0.844. The molecule has 23 heavy (non-hydrogen) atoms. The predicted octanol–water partition coefficient (Wildman–Crippen LogP) is 4.73. The Morgan fingerprint density at radius 2 is 1.26 bits per heavy atom. The predicted molar refractivity (Wildman–Crippen MR) is 97.6 cm³/mol. The minimum Gasteiger partial charge on any atom is -0.331 e. The van der Waals surface area contributed by atoms with Crippen LogP contribution in [0.3, 0.4) is 0 Å². The first-order valence-electron chi connectivity index (χ1n) is 9.50. The van der Waals surface area contributed by atoms with E-state index in [0.29, 0.717) is 0 Å². The summed E-state index contributed by atoms with van der Waals surface area (Å²) in [5.41, 5.74) is 0. The van der Waals surface area contributed by atoms with E-state index in [0.717, 1.165) is 25.3 Å². The highest BCUT2D eigenvalue weighted by atomic mass is 16.9. The van der Waals surface area contributed by atoms with Crippen LogP contribution in [-0.2, 0) is 14.2 Å². The average molecular weight is 332 g/mol. The number of ether oxygens (including phenoxy) is 3. The lowest BCUT2D eigenvalue weighted by Crippen LogP contribution is -2.35. The Hall–Kier alpha value is -0.160. The van der Waals surface area contributed by atoms with Crippen molar-refractivity contribution >= 4 is 0 Å². The summed E-state index contributed by atoms with van der Waals surface area (Å²) in [4.78, 5) is 0. The summed E-state index contributed by atoms with van der Waals surface area (Å²) in [6.45, 7) is 6.78. The van der Waals surface area contributed by atoms with Crippen LogP contribution in [-0.4, -0.2) is 40.4 Å². The molecule has 0 fully saturated rings. The van der Waals surface area contributed by atoms with Crippen LogP contribution in [0.15, 0.2) is 0 Å². The van der Waals surface area contributed by atoms with Crippen LogP contribution in [0.5, 0.6) is 0 Å². The maximum absolute atomic E-state index is 5.30. The van der Waals surface area contributed by atoms with Crippen molar-refractivity contribution in [2.45, 2.75) is 84.0 Å². The third-order valence-corrected chi connectivity index (χ3v) is 4.61. The maximum Gasteiger partial charge on any atom is 0.282 e. The van der Waals surface area contributed by atoms with Crippen molar-refractivity contribution in [3.05, 3.63) is 0 Å². The number of methoxy groups -OCH3 is 3. The third-order valence-electron chi connectivity index (χ3n) is 4.61. The first-order chi connectivity index (χ1) is 11.1. The SMILES string of the molecule is CCNCC(C)CCCCCCCCCCC(OC)(OC)OC. The van der Waals surface area contributed by atoms with Crippen LogP contribution in [0.4, 0.5) is 0 Å². The fourth-order valence-electron chi connectivity index (χ4n) is 2.94. The lowest BCUT2D eigenvalue weighted by Gasteiger charge is -2.28. The van der Waals surface area contributed by atoms with Gasteiger partial charge in [-0.1, -0.05) is 58.8 Å². The van der Waals surface area contributed by atoms with Gasteiger partial charge in [0.25, 0.3) is 5.97 Å². The van der Waals surface area contributed by atoms with Gasteiger partial charge in [-0.3, -0.25) is 0 Å². The first-order valence-corrected chi connectivity index (χ1v) is 9.50. The minimum absolute atomic E-state index is 0.792. The molecule has 0 spiro atoms. The highest BCUT2D eigenvalue weighted by molar-refractivity contribution is 4.58. The molecule has 140 valence electrons. The molecule has 0 saturated heterocycles. The van der Waals surface area contributed by atoms with Crippen molar-refractivity contribution in [1.29, 1.82) is 0 Å². The van der Waals surface area contributed by atoms with Gasteiger partial charge < -0.3 is 19.5 Å². The summed E-state index contributed by atoms with van der Waals surface area (Å²) >= 11 is 0. The lowest BCUT2D eigenvalue weighted by atomic mass is 10.0. The van der Waals surface area contributed by atoms with E-state index in [1.54, 1.807) is 21.3 Å². The van der Waals surface area contributed by atoms with E-state index < -0.39 is 5.97 Å². The lowest BCUT2D eigenvalue weighted by molar-refractivity contribution is -0.355.